The molecule has 0 aliphatic rings. The Labute approximate surface area is 109 Å². The van der Waals surface area contributed by atoms with Gasteiger partial charge in [-0.25, -0.2) is 0 Å². The van der Waals surface area contributed by atoms with Crippen LogP contribution in [0.4, 0.5) is 0 Å². The second-order valence-electron chi connectivity index (χ2n) is 3.94. The molecular weight excluding hydrogens is 252 g/mol. The number of para-hydroxylation sites is 1. The maximum atomic E-state index is 11.9. The molecule has 18 heavy (non-hydrogen) atoms. The van der Waals surface area contributed by atoms with Gasteiger partial charge in [-0.15, -0.1) is 11.6 Å². The van der Waals surface area contributed by atoms with Gasteiger partial charge in [0.15, 0.2) is 5.78 Å². The summed E-state index contributed by atoms with van der Waals surface area (Å²) in [6, 6.07) is 7.26. The summed E-state index contributed by atoms with van der Waals surface area (Å²) in [6.45, 7) is 2.60. The second kappa shape index (κ2) is 5.31. The second-order valence-corrected chi connectivity index (χ2v) is 4.21. The topological polar surface area (TPSA) is 52.0 Å². The van der Waals surface area contributed by atoms with Gasteiger partial charge in [-0.2, -0.15) is 4.98 Å². The van der Waals surface area contributed by atoms with Crippen molar-refractivity contribution >= 4 is 28.3 Å². The highest BCUT2D eigenvalue weighted by atomic mass is 35.5. The standard InChI is InChI=1S/C13H13ClN2O2/c1-2-16-11-6-4-3-5-10(11)13(18)15-12(16)7-9(17)8-14/h3-6H,2,7-8H2,1H3. The minimum absolute atomic E-state index is 0.0631. The molecule has 0 bridgehead atoms. The SMILES string of the molecule is CCn1c(CC(=O)CCl)nc(=O)c2ccccc21. The van der Waals surface area contributed by atoms with Gasteiger partial charge in [-0.1, -0.05) is 12.1 Å². The number of aryl methyl sites for hydroxylation is 1. The Balaban J connectivity index is 2.67. The van der Waals surface area contributed by atoms with Crippen LogP contribution in [0.1, 0.15) is 12.7 Å². The molecule has 0 aliphatic heterocycles. The molecule has 94 valence electrons. The molecule has 0 N–H and O–H groups in total. The molecule has 1 aromatic heterocycles. The van der Waals surface area contributed by atoms with E-state index < -0.39 is 0 Å². The maximum Gasteiger partial charge on any atom is 0.280 e. The van der Waals surface area contributed by atoms with Crippen molar-refractivity contribution in [3.05, 3.63) is 40.4 Å². The van der Waals surface area contributed by atoms with E-state index >= 15 is 0 Å². The van der Waals surface area contributed by atoms with E-state index in [1.807, 2.05) is 23.6 Å². The number of nitrogens with zero attached hydrogens (tertiary/aromatic N) is 2. The van der Waals surface area contributed by atoms with Crippen LogP contribution >= 0.6 is 11.6 Å². The molecule has 4 nitrogen and oxygen atoms in total. The van der Waals surface area contributed by atoms with Crippen LogP contribution in [0.2, 0.25) is 0 Å². The molecule has 0 aliphatic carbocycles. The Morgan fingerprint density at radius 2 is 2.11 bits per heavy atom. The van der Waals surface area contributed by atoms with Crippen molar-refractivity contribution < 1.29 is 4.79 Å². The normalized spacial score (nSPS) is 10.8. The summed E-state index contributed by atoms with van der Waals surface area (Å²) in [5.41, 5.74) is 0.505. The molecule has 2 rings (SSSR count). The molecule has 5 heteroatoms. The van der Waals surface area contributed by atoms with E-state index in [9.17, 15) is 9.59 Å². The number of carbonyl (C=O) groups is 1. The zero-order valence-corrected chi connectivity index (χ0v) is 10.8. The maximum absolute atomic E-state index is 11.9. The van der Waals surface area contributed by atoms with E-state index in [2.05, 4.69) is 4.98 Å². The van der Waals surface area contributed by atoms with Gasteiger partial charge >= 0.3 is 0 Å². The van der Waals surface area contributed by atoms with Gasteiger partial charge in [-0.05, 0) is 19.1 Å². The summed E-state index contributed by atoms with van der Waals surface area (Å²) in [7, 11) is 0. The Morgan fingerprint density at radius 1 is 1.39 bits per heavy atom. The van der Waals surface area contributed by atoms with Gasteiger partial charge in [-0.3, -0.25) is 9.59 Å². The van der Waals surface area contributed by atoms with E-state index in [0.717, 1.165) is 5.52 Å². The van der Waals surface area contributed by atoms with Crippen LogP contribution in [0.5, 0.6) is 0 Å². The van der Waals surface area contributed by atoms with Crippen LogP contribution in [0.25, 0.3) is 10.9 Å². The third-order valence-corrected chi connectivity index (χ3v) is 3.09. The number of ketones is 1. The number of hydrogen-bond donors (Lipinski definition) is 0. The third kappa shape index (κ3) is 2.29. The van der Waals surface area contributed by atoms with Crippen molar-refractivity contribution in [2.24, 2.45) is 0 Å². The van der Waals surface area contributed by atoms with Crippen LogP contribution in [-0.2, 0) is 17.8 Å². The van der Waals surface area contributed by atoms with Crippen LogP contribution in [0, 0.1) is 0 Å². The minimum atomic E-state index is -0.298. The van der Waals surface area contributed by atoms with Crippen molar-refractivity contribution in [3.8, 4) is 0 Å². The van der Waals surface area contributed by atoms with E-state index in [4.69, 9.17) is 11.6 Å². The molecule has 2 aromatic rings. The third-order valence-electron chi connectivity index (χ3n) is 2.79. The fourth-order valence-corrected chi connectivity index (χ4v) is 2.07. The number of benzene rings is 1. The molecule has 0 fully saturated rings. The Morgan fingerprint density at radius 3 is 2.78 bits per heavy atom. The largest absolute Gasteiger partial charge is 0.329 e. The fourth-order valence-electron chi connectivity index (χ4n) is 1.98. The summed E-state index contributed by atoms with van der Waals surface area (Å²) in [5, 5.41) is 0.571. The Hall–Kier alpha value is -1.68. The molecule has 0 saturated heterocycles. The van der Waals surface area contributed by atoms with Gasteiger partial charge < -0.3 is 4.57 Å². The highest BCUT2D eigenvalue weighted by Gasteiger charge is 2.12. The van der Waals surface area contributed by atoms with E-state index in [-0.39, 0.29) is 23.6 Å². The van der Waals surface area contributed by atoms with Gasteiger partial charge in [0.05, 0.1) is 23.2 Å². The minimum Gasteiger partial charge on any atom is -0.329 e. The number of hydrogen-bond acceptors (Lipinski definition) is 3. The molecule has 0 radical (unpaired) electrons. The lowest BCUT2D eigenvalue weighted by molar-refractivity contribution is -0.116. The van der Waals surface area contributed by atoms with Crippen LogP contribution < -0.4 is 5.56 Å². The summed E-state index contributed by atoms with van der Waals surface area (Å²) in [4.78, 5) is 27.3. The highest BCUT2D eigenvalue weighted by molar-refractivity contribution is 6.27. The first-order chi connectivity index (χ1) is 8.67. The van der Waals surface area contributed by atoms with Crippen LogP contribution in [0.15, 0.2) is 29.1 Å². The molecule has 0 saturated carbocycles. The Kier molecular flexibility index (Phi) is 3.77. The molecule has 0 spiro atoms. The van der Waals surface area contributed by atoms with Gasteiger partial charge in [0, 0.05) is 6.54 Å². The summed E-state index contributed by atoms with van der Waals surface area (Å²) in [6.07, 6.45) is 0.0947. The number of halogens is 1. The summed E-state index contributed by atoms with van der Waals surface area (Å²) >= 11 is 5.49. The highest BCUT2D eigenvalue weighted by Crippen LogP contribution is 2.11. The number of carbonyl (C=O) groups excluding carboxylic acids is 1. The molecular formula is C13H13ClN2O2. The Bertz CT molecular complexity index is 649. The smallest absolute Gasteiger partial charge is 0.280 e. The van der Waals surface area contributed by atoms with Gasteiger partial charge in [0.1, 0.15) is 5.82 Å². The average molecular weight is 265 g/mol. The number of fused-ring (bicyclic) bond motifs is 1. The molecule has 0 unspecified atom stereocenters. The van der Waals surface area contributed by atoms with Crippen molar-refractivity contribution in [1.29, 1.82) is 0 Å². The van der Waals surface area contributed by atoms with Crippen molar-refractivity contribution in [2.75, 3.05) is 5.88 Å². The number of alkyl halides is 1. The first-order valence-electron chi connectivity index (χ1n) is 5.73. The van der Waals surface area contributed by atoms with Crippen molar-refractivity contribution in [2.45, 2.75) is 19.9 Å². The lowest BCUT2D eigenvalue weighted by Crippen LogP contribution is -2.21. The predicted molar refractivity (Wildman–Crippen MR) is 71.1 cm³/mol. The van der Waals surface area contributed by atoms with E-state index in [0.29, 0.717) is 17.8 Å². The first kappa shape index (κ1) is 12.8. The van der Waals surface area contributed by atoms with Crippen LogP contribution in [0.3, 0.4) is 0 Å². The number of rotatable bonds is 4. The van der Waals surface area contributed by atoms with Gasteiger partial charge in [0.2, 0.25) is 0 Å². The fraction of sp³-hybridized carbons (Fsp3) is 0.308. The summed E-state index contributed by atoms with van der Waals surface area (Å²) in [5.74, 6) is 0.278. The number of aromatic nitrogens is 2. The number of Topliss-reactive ketones (excluding diaryl/α,β-unsaturated/α-hetero) is 1. The quantitative estimate of drug-likeness (QED) is 0.791. The van der Waals surface area contributed by atoms with Crippen LogP contribution in [-0.4, -0.2) is 21.2 Å². The zero-order chi connectivity index (χ0) is 13.1. The lowest BCUT2D eigenvalue weighted by atomic mass is 10.2. The monoisotopic (exact) mass is 264 g/mol. The van der Waals surface area contributed by atoms with Crippen molar-refractivity contribution in [1.82, 2.24) is 9.55 Å². The summed E-state index contributed by atoms with van der Waals surface area (Å²) < 4.78 is 1.88. The molecule has 1 aromatic carbocycles. The van der Waals surface area contributed by atoms with E-state index in [1.165, 1.54) is 0 Å². The zero-order valence-electron chi connectivity index (χ0n) is 10.0. The molecule has 0 atom stereocenters. The van der Waals surface area contributed by atoms with Gasteiger partial charge in [0.25, 0.3) is 5.56 Å². The molecule has 0 amide bonds. The van der Waals surface area contributed by atoms with E-state index in [1.54, 1.807) is 12.1 Å². The lowest BCUT2D eigenvalue weighted by Gasteiger charge is -2.12. The van der Waals surface area contributed by atoms with Crippen molar-refractivity contribution in [3.63, 3.8) is 0 Å². The first-order valence-corrected chi connectivity index (χ1v) is 6.27. The predicted octanol–water partition coefficient (Wildman–Crippen LogP) is 1.77. The average Bonchev–Trinajstić information content (AvgIpc) is 2.39. The molecule has 1 heterocycles.